The summed E-state index contributed by atoms with van der Waals surface area (Å²) < 4.78 is 0. The Morgan fingerprint density at radius 2 is 1.73 bits per heavy atom. The van der Waals surface area contributed by atoms with Crippen molar-refractivity contribution < 1.29 is 0 Å². The van der Waals surface area contributed by atoms with Gasteiger partial charge in [-0.3, -0.25) is 4.90 Å². The summed E-state index contributed by atoms with van der Waals surface area (Å²) in [4.78, 5) is 2.81. The first-order chi connectivity index (χ1) is 12.7. The maximum atomic E-state index is 3.66. The first-order valence-corrected chi connectivity index (χ1v) is 11.9. The lowest BCUT2D eigenvalue weighted by atomic mass is 10.0. The van der Waals surface area contributed by atoms with Crippen LogP contribution in [-0.2, 0) is 5.75 Å². The standard InChI is InChI=1S/C23H40N2S/c1-20(2)21(3)25(23-13-7-8-14-23)17-9-15-24-16-10-18-26-19-22-11-5-4-6-12-22/h4-6,11-12,20-21,23-24H,7-10,13-19H2,1-3H3. The van der Waals surface area contributed by atoms with Gasteiger partial charge in [0.1, 0.15) is 0 Å². The van der Waals surface area contributed by atoms with E-state index in [-0.39, 0.29) is 0 Å². The van der Waals surface area contributed by atoms with Gasteiger partial charge in [-0.05, 0) is 69.5 Å². The van der Waals surface area contributed by atoms with Gasteiger partial charge in [-0.1, -0.05) is 57.0 Å². The Bertz CT molecular complexity index is 455. The maximum Gasteiger partial charge on any atom is 0.0184 e. The minimum Gasteiger partial charge on any atom is -0.317 e. The van der Waals surface area contributed by atoms with Crippen molar-refractivity contribution in [3.05, 3.63) is 35.9 Å². The van der Waals surface area contributed by atoms with Gasteiger partial charge in [-0.15, -0.1) is 0 Å². The van der Waals surface area contributed by atoms with Crippen molar-refractivity contribution in [2.75, 3.05) is 25.4 Å². The highest BCUT2D eigenvalue weighted by molar-refractivity contribution is 7.98. The number of nitrogens with one attached hydrogen (secondary N) is 1. The molecule has 1 aromatic rings. The Labute approximate surface area is 166 Å². The van der Waals surface area contributed by atoms with Crippen molar-refractivity contribution in [1.29, 1.82) is 0 Å². The molecule has 0 aromatic heterocycles. The molecule has 1 aliphatic rings. The molecular weight excluding hydrogens is 336 g/mol. The Hall–Kier alpha value is -0.510. The van der Waals surface area contributed by atoms with Gasteiger partial charge >= 0.3 is 0 Å². The molecule has 0 radical (unpaired) electrons. The topological polar surface area (TPSA) is 15.3 Å². The quantitative estimate of drug-likeness (QED) is 0.452. The molecular formula is C23H40N2S. The minimum atomic E-state index is 0.715. The predicted octanol–water partition coefficient (Wildman–Crippen LogP) is 5.58. The molecule has 1 fully saturated rings. The summed E-state index contributed by atoms with van der Waals surface area (Å²) in [7, 11) is 0. The average molecular weight is 377 g/mol. The molecule has 1 N–H and O–H groups in total. The Balaban J connectivity index is 1.51. The molecule has 0 heterocycles. The van der Waals surface area contributed by atoms with Crippen LogP contribution >= 0.6 is 11.8 Å². The second-order valence-corrected chi connectivity index (χ2v) is 9.26. The van der Waals surface area contributed by atoms with Gasteiger partial charge < -0.3 is 5.32 Å². The maximum absolute atomic E-state index is 3.66. The number of hydrogen-bond acceptors (Lipinski definition) is 3. The third kappa shape index (κ3) is 8.02. The molecule has 1 atom stereocenters. The fourth-order valence-electron chi connectivity index (χ4n) is 3.91. The van der Waals surface area contributed by atoms with E-state index in [0.29, 0.717) is 6.04 Å². The molecule has 0 saturated heterocycles. The van der Waals surface area contributed by atoms with Gasteiger partial charge in [-0.25, -0.2) is 0 Å². The Morgan fingerprint density at radius 3 is 2.42 bits per heavy atom. The second-order valence-electron chi connectivity index (χ2n) is 8.16. The smallest absolute Gasteiger partial charge is 0.0184 e. The minimum absolute atomic E-state index is 0.715. The number of thioether (sulfide) groups is 1. The van der Waals surface area contributed by atoms with Crippen molar-refractivity contribution in [1.82, 2.24) is 10.2 Å². The zero-order valence-electron chi connectivity index (χ0n) is 17.3. The molecule has 0 aliphatic heterocycles. The van der Waals surface area contributed by atoms with E-state index in [9.17, 15) is 0 Å². The van der Waals surface area contributed by atoms with Crippen LogP contribution in [0.5, 0.6) is 0 Å². The van der Waals surface area contributed by atoms with Crippen LogP contribution in [0.3, 0.4) is 0 Å². The summed E-state index contributed by atoms with van der Waals surface area (Å²) in [6.07, 6.45) is 8.26. The number of rotatable bonds is 13. The fourth-order valence-corrected chi connectivity index (χ4v) is 4.83. The number of benzene rings is 1. The molecule has 3 heteroatoms. The zero-order valence-corrected chi connectivity index (χ0v) is 18.1. The molecule has 0 bridgehead atoms. The average Bonchev–Trinajstić information content (AvgIpc) is 3.18. The van der Waals surface area contributed by atoms with E-state index in [1.165, 1.54) is 56.4 Å². The van der Waals surface area contributed by atoms with Crippen LogP contribution in [0.1, 0.15) is 64.9 Å². The molecule has 1 saturated carbocycles. The van der Waals surface area contributed by atoms with Crippen LogP contribution in [-0.4, -0.2) is 42.4 Å². The van der Waals surface area contributed by atoms with E-state index in [1.807, 2.05) is 0 Å². The van der Waals surface area contributed by atoms with Crippen molar-refractivity contribution in [2.24, 2.45) is 5.92 Å². The molecule has 1 unspecified atom stereocenters. The van der Waals surface area contributed by atoms with Crippen LogP contribution in [0.15, 0.2) is 30.3 Å². The normalized spacial score (nSPS) is 16.7. The molecule has 1 aromatic carbocycles. The highest BCUT2D eigenvalue weighted by atomic mass is 32.2. The number of hydrogen-bond donors (Lipinski definition) is 1. The van der Waals surface area contributed by atoms with Crippen LogP contribution in [0, 0.1) is 5.92 Å². The van der Waals surface area contributed by atoms with Crippen LogP contribution < -0.4 is 5.32 Å². The third-order valence-corrected chi connectivity index (χ3v) is 6.92. The first-order valence-electron chi connectivity index (χ1n) is 10.8. The van der Waals surface area contributed by atoms with Crippen molar-refractivity contribution in [3.8, 4) is 0 Å². The van der Waals surface area contributed by atoms with Crippen LogP contribution in [0.25, 0.3) is 0 Å². The lowest BCUT2D eigenvalue weighted by Gasteiger charge is -2.37. The number of nitrogens with zero attached hydrogens (tertiary/aromatic N) is 1. The van der Waals surface area contributed by atoms with E-state index in [1.54, 1.807) is 0 Å². The summed E-state index contributed by atoms with van der Waals surface area (Å²) in [6, 6.07) is 12.4. The lowest BCUT2D eigenvalue weighted by Crippen LogP contribution is -2.44. The molecule has 1 aliphatic carbocycles. The van der Waals surface area contributed by atoms with Gasteiger partial charge in [0.25, 0.3) is 0 Å². The largest absolute Gasteiger partial charge is 0.317 e. The summed E-state index contributed by atoms with van der Waals surface area (Å²) in [5.41, 5.74) is 1.44. The van der Waals surface area contributed by atoms with Gasteiger partial charge in [-0.2, -0.15) is 11.8 Å². The highest BCUT2D eigenvalue weighted by Gasteiger charge is 2.27. The second kappa shape index (κ2) is 12.8. The monoisotopic (exact) mass is 376 g/mol. The fraction of sp³-hybridized carbons (Fsp3) is 0.739. The highest BCUT2D eigenvalue weighted by Crippen LogP contribution is 2.27. The van der Waals surface area contributed by atoms with Crippen LogP contribution in [0.2, 0.25) is 0 Å². The Kier molecular flexibility index (Phi) is 10.7. The SMILES string of the molecule is CC(C)C(C)N(CCCNCCCSCc1ccccc1)C1CCCC1. The summed E-state index contributed by atoms with van der Waals surface area (Å²) in [5, 5.41) is 3.66. The lowest BCUT2D eigenvalue weighted by molar-refractivity contribution is 0.113. The van der Waals surface area contributed by atoms with Crippen molar-refractivity contribution in [3.63, 3.8) is 0 Å². The molecule has 148 valence electrons. The van der Waals surface area contributed by atoms with Gasteiger partial charge in [0, 0.05) is 17.8 Å². The Morgan fingerprint density at radius 1 is 1.04 bits per heavy atom. The summed E-state index contributed by atoms with van der Waals surface area (Å²) >= 11 is 2.05. The van der Waals surface area contributed by atoms with E-state index < -0.39 is 0 Å². The van der Waals surface area contributed by atoms with Crippen molar-refractivity contribution in [2.45, 2.75) is 77.1 Å². The van der Waals surface area contributed by atoms with Crippen LogP contribution in [0.4, 0.5) is 0 Å². The van der Waals surface area contributed by atoms with Gasteiger partial charge in [0.15, 0.2) is 0 Å². The zero-order chi connectivity index (χ0) is 18.6. The first kappa shape index (κ1) is 21.8. The van der Waals surface area contributed by atoms with Gasteiger partial charge in [0.05, 0.1) is 0 Å². The van der Waals surface area contributed by atoms with Crippen molar-refractivity contribution >= 4 is 11.8 Å². The van der Waals surface area contributed by atoms with Gasteiger partial charge in [0.2, 0.25) is 0 Å². The molecule has 0 amide bonds. The van der Waals surface area contributed by atoms with E-state index in [0.717, 1.165) is 30.8 Å². The summed E-state index contributed by atoms with van der Waals surface area (Å²) in [5.74, 6) is 3.15. The van der Waals surface area contributed by atoms with E-state index >= 15 is 0 Å². The third-order valence-electron chi connectivity index (χ3n) is 5.81. The predicted molar refractivity (Wildman–Crippen MR) is 118 cm³/mol. The summed E-state index contributed by atoms with van der Waals surface area (Å²) in [6.45, 7) is 10.8. The molecule has 2 rings (SSSR count). The van der Waals surface area contributed by atoms with E-state index in [2.05, 4.69) is 73.1 Å². The molecule has 0 spiro atoms. The van der Waals surface area contributed by atoms with E-state index in [4.69, 9.17) is 0 Å². The molecule has 26 heavy (non-hydrogen) atoms. The molecule has 2 nitrogen and oxygen atoms in total.